The van der Waals surface area contributed by atoms with Crippen LogP contribution in [0.25, 0.3) is 32.3 Å². The van der Waals surface area contributed by atoms with E-state index in [-0.39, 0.29) is 28.7 Å². The molecule has 0 bridgehead atoms. The van der Waals surface area contributed by atoms with Crippen LogP contribution in [0.4, 0.5) is 45.5 Å². The fourth-order valence-corrected chi connectivity index (χ4v) is 6.91. The smallest absolute Gasteiger partial charge is 0.296 e. The molecule has 0 saturated heterocycles. The number of carbonyl (C=O) groups is 1. The standard InChI is InChI=1S/C43H30N8O5S/c44-35-18-16-29(25-41(35)57(54,55)56)46-47-36-20-21-37(32-11-5-4-10-31(32)36)48-49-38-22-23-39(34-13-7-6-12-33(34)38)50-51-40-19-14-27-24-28(15-17-30(27)42(40)52)45-43(53)26-8-2-1-3-9-26/h1-25,52H,44H2,(H,45,53)(H,54,55,56). The zero-order valence-electron chi connectivity index (χ0n) is 29.7. The molecule has 13 nitrogen and oxygen atoms in total. The molecule has 57 heavy (non-hydrogen) atoms. The normalized spacial score (nSPS) is 12.1. The van der Waals surface area contributed by atoms with Crippen LogP contribution in [0.5, 0.6) is 5.75 Å². The number of benzene rings is 8. The summed E-state index contributed by atoms with van der Waals surface area (Å²) in [4.78, 5) is 12.2. The first-order chi connectivity index (χ1) is 27.6. The molecule has 0 aliphatic heterocycles. The molecule has 0 atom stereocenters. The highest BCUT2D eigenvalue weighted by atomic mass is 32.2. The minimum atomic E-state index is -4.54. The first kappa shape index (κ1) is 36.3. The van der Waals surface area contributed by atoms with Crippen molar-refractivity contribution < 1.29 is 22.9 Å². The number of rotatable bonds is 9. The SMILES string of the molecule is Nc1ccc(N=Nc2ccc(N=Nc3ccc(N=Nc4ccc5cc(NC(=O)c6ccccc6)ccc5c4O)c4ccccc34)c3ccccc23)cc1S(=O)(=O)O. The quantitative estimate of drug-likeness (QED) is 0.0638. The number of aromatic hydroxyl groups is 1. The van der Waals surface area contributed by atoms with E-state index in [4.69, 9.17) is 5.73 Å². The molecule has 8 aromatic carbocycles. The van der Waals surface area contributed by atoms with Gasteiger partial charge in [-0.15, -0.1) is 25.6 Å². The summed E-state index contributed by atoms with van der Waals surface area (Å²) in [7, 11) is -4.54. The molecule has 5 N–H and O–H groups in total. The van der Waals surface area contributed by atoms with Crippen LogP contribution in [0.1, 0.15) is 10.4 Å². The fourth-order valence-electron chi connectivity index (χ4n) is 6.27. The van der Waals surface area contributed by atoms with Crippen LogP contribution < -0.4 is 11.1 Å². The van der Waals surface area contributed by atoms with Gasteiger partial charge in [0.15, 0.2) is 5.75 Å². The molecule has 0 fully saturated rings. The van der Waals surface area contributed by atoms with Crippen molar-refractivity contribution >= 4 is 93.8 Å². The number of hydrogen-bond acceptors (Lipinski definition) is 11. The number of amides is 1. The number of azo groups is 3. The summed E-state index contributed by atoms with van der Waals surface area (Å²) in [5.41, 5.74) is 9.45. The van der Waals surface area contributed by atoms with Crippen molar-refractivity contribution in [3.63, 3.8) is 0 Å². The van der Waals surface area contributed by atoms with Crippen molar-refractivity contribution in [1.82, 2.24) is 0 Å². The molecule has 0 saturated carbocycles. The van der Waals surface area contributed by atoms with Gasteiger partial charge in [-0.3, -0.25) is 9.35 Å². The fraction of sp³-hybridized carbons (Fsp3) is 0. The van der Waals surface area contributed by atoms with Gasteiger partial charge in [-0.1, -0.05) is 72.8 Å². The van der Waals surface area contributed by atoms with Crippen LogP contribution in [0.15, 0.2) is 187 Å². The summed E-state index contributed by atoms with van der Waals surface area (Å²) in [5, 5.41) is 45.0. The minimum absolute atomic E-state index is 0.0387. The maximum atomic E-state index is 12.6. The van der Waals surface area contributed by atoms with Crippen LogP contribution in [0.3, 0.4) is 0 Å². The third kappa shape index (κ3) is 7.66. The van der Waals surface area contributed by atoms with E-state index in [1.165, 1.54) is 12.1 Å². The summed E-state index contributed by atoms with van der Waals surface area (Å²) in [6, 6.07) is 43.8. The zero-order chi connectivity index (χ0) is 39.5. The predicted molar refractivity (Wildman–Crippen MR) is 221 cm³/mol. The molecular weight excluding hydrogens is 741 g/mol. The lowest BCUT2D eigenvalue weighted by Gasteiger charge is -2.09. The van der Waals surface area contributed by atoms with E-state index < -0.39 is 15.0 Å². The van der Waals surface area contributed by atoms with Crippen LogP contribution >= 0.6 is 0 Å². The second-order valence-corrected chi connectivity index (χ2v) is 14.2. The number of nitrogen functional groups attached to an aromatic ring is 1. The number of fused-ring (bicyclic) bond motifs is 3. The predicted octanol–water partition coefficient (Wildman–Crippen LogP) is 12.2. The lowest BCUT2D eigenvalue weighted by molar-refractivity contribution is 0.102. The van der Waals surface area contributed by atoms with Gasteiger partial charge in [0.1, 0.15) is 10.6 Å². The Morgan fingerprint density at radius 3 is 1.56 bits per heavy atom. The van der Waals surface area contributed by atoms with Gasteiger partial charge >= 0.3 is 0 Å². The third-order valence-corrected chi connectivity index (χ3v) is 10.0. The molecule has 0 spiro atoms. The van der Waals surface area contributed by atoms with Crippen molar-refractivity contribution in [1.29, 1.82) is 0 Å². The number of nitrogens with two attached hydrogens (primary N) is 1. The van der Waals surface area contributed by atoms with Gasteiger partial charge in [-0.2, -0.15) is 13.5 Å². The molecule has 0 heterocycles. The van der Waals surface area contributed by atoms with Gasteiger partial charge in [0.25, 0.3) is 16.0 Å². The molecule has 0 aromatic heterocycles. The van der Waals surface area contributed by atoms with Gasteiger partial charge < -0.3 is 16.2 Å². The lowest BCUT2D eigenvalue weighted by atomic mass is 10.1. The Balaban J connectivity index is 1.04. The molecule has 14 heteroatoms. The zero-order valence-corrected chi connectivity index (χ0v) is 30.5. The van der Waals surface area contributed by atoms with Gasteiger partial charge in [0.2, 0.25) is 0 Å². The molecule has 278 valence electrons. The van der Waals surface area contributed by atoms with Gasteiger partial charge in [-0.05, 0) is 84.2 Å². The van der Waals surface area contributed by atoms with E-state index in [1.807, 2.05) is 60.7 Å². The average molecular weight is 771 g/mol. The van der Waals surface area contributed by atoms with Gasteiger partial charge in [-0.25, -0.2) is 0 Å². The van der Waals surface area contributed by atoms with E-state index in [1.54, 1.807) is 72.8 Å². The Hall–Kier alpha value is -7.68. The Morgan fingerprint density at radius 1 is 0.526 bits per heavy atom. The maximum Gasteiger partial charge on any atom is 0.296 e. The van der Waals surface area contributed by atoms with Crippen molar-refractivity contribution in [3.8, 4) is 5.75 Å². The van der Waals surface area contributed by atoms with Crippen LogP contribution in [-0.2, 0) is 10.1 Å². The molecule has 0 unspecified atom stereocenters. The van der Waals surface area contributed by atoms with Gasteiger partial charge in [0.05, 0.1) is 34.1 Å². The number of nitrogens with one attached hydrogen (secondary N) is 1. The third-order valence-electron chi connectivity index (χ3n) is 9.10. The number of phenols is 1. The number of hydrogen-bond donors (Lipinski definition) is 4. The lowest BCUT2D eigenvalue weighted by Crippen LogP contribution is -2.11. The molecular formula is C43H30N8O5S. The number of nitrogens with zero attached hydrogens (tertiary/aromatic N) is 6. The van der Waals surface area contributed by atoms with E-state index in [9.17, 15) is 22.9 Å². The number of phenolic OH excluding ortho intramolecular Hbond substituents is 1. The Morgan fingerprint density at radius 2 is 1.02 bits per heavy atom. The van der Waals surface area contributed by atoms with E-state index >= 15 is 0 Å². The van der Waals surface area contributed by atoms with Crippen molar-refractivity contribution in [2.24, 2.45) is 30.7 Å². The summed E-state index contributed by atoms with van der Waals surface area (Å²) in [6.45, 7) is 0. The van der Waals surface area contributed by atoms with Crippen molar-refractivity contribution in [2.75, 3.05) is 11.1 Å². The molecule has 8 rings (SSSR count). The summed E-state index contributed by atoms with van der Waals surface area (Å²) in [5.74, 6) is -0.269. The molecule has 1 amide bonds. The largest absolute Gasteiger partial charge is 0.505 e. The highest BCUT2D eigenvalue weighted by molar-refractivity contribution is 7.86. The summed E-state index contributed by atoms with van der Waals surface area (Å²) in [6.07, 6.45) is 0. The Labute approximate surface area is 325 Å². The molecule has 8 aromatic rings. The van der Waals surface area contributed by atoms with Crippen LogP contribution in [-0.4, -0.2) is 24.0 Å². The van der Waals surface area contributed by atoms with E-state index in [0.717, 1.165) is 33.0 Å². The number of anilines is 2. The molecule has 0 aliphatic carbocycles. The summed E-state index contributed by atoms with van der Waals surface area (Å²) >= 11 is 0. The molecule has 0 aliphatic rings. The summed E-state index contributed by atoms with van der Waals surface area (Å²) < 4.78 is 32.9. The maximum absolute atomic E-state index is 12.6. The number of carbonyl (C=O) groups excluding carboxylic acids is 1. The van der Waals surface area contributed by atoms with E-state index in [0.29, 0.717) is 39.4 Å². The first-order valence-corrected chi connectivity index (χ1v) is 18.8. The highest BCUT2D eigenvalue weighted by Gasteiger charge is 2.15. The Bertz CT molecular complexity index is 3080. The van der Waals surface area contributed by atoms with Crippen molar-refractivity contribution in [3.05, 3.63) is 157 Å². The molecule has 0 radical (unpaired) electrons. The first-order valence-electron chi connectivity index (χ1n) is 17.4. The van der Waals surface area contributed by atoms with Crippen LogP contribution in [0, 0.1) is 0 Å². The van der Waals surface area contributed by atoms with Gasteiger partial charge in [0, 0.05) is 38.2 Å². The second kappa shape index (κ2) is 15.2. The van der Waals surface area contributed by atoms with Crippen LogP contribution in [0.2, 0.25) is 0 Å². The van der Waals surface area contributed by atoms with E-state index in [2.05, 4.69) is 36.0 Å². The topological polar surface area (TPSA) is 204 Å². The van der Waals surface area contributed by atoms with Crippen molar-refractivity contribution in [2.45, 2.75) is 4.90 Å². The highest BCUT2D eigenvalue weighted by Crippen LogP contribution is 2.40. The Kier molecular flexibility index (Phi) is 9.69. The monoisotopic (exact) mass is 770 g/mol. The second-order valence-electron chi connectivity index (χ2n) is 12.8. The average Bonchev–Trinajstić information content (AvgIpc) is 3.22. The minimum Gasteiger partial charge on any atom is -0.505 e.